The van der Waals surface area contributed by atoms with E-state index in [0.717, 1.165) is 43.7 Å². The van der Waals surface area contributed by atoms with Gasteiger partial charge in [-0.1, -0.05) is 6.92 Å². The molecule has 4 heteroatoms. The van der Waals surface area contributed by atoms with Gasteiger partial charge in [-0.05, 0) is 30.2 Å². The summed E-state index contributed by atoms with van der Waals surface area (Å²) in [7, 11) is 0. The predicted octanol–water partition coefficient (Wildman–Crippen LogP) is 1.04. The zero-order chi connectivity index (χ0) is 13.0. The van der Waals surface area contributed by atoms with Crippen molar-refractivity contribution in [3.63, 3.8) is 0 Å². The number of aryl methyl sites for hydroxylation is 1. The number of ketones is 1. The normalized spacial score (nSPS) is 16.7. The van der Waals surface area contributed by atoms with Crippen LogP contribution in [0.5, 0.6) is 5.75 Å². The van der Waals surface area contributed by atoms with Crippen molar-refractivity contribution >= 4 is 5.78 Å². The average molecular weight is 248 g/mol. The number of phenols is 1. The molecule has 0 radical (unpaired) electrons. The van der Waals surface area contributed by atoms with Crippen molar-refractivity contribution in [3.05, 3.63) is 29.3 Å². The predicted molar refractivity (Wildman–Crippen MR) is 71.1 cm³/mol. The van der Waals surface area contributed by atoms with Gasteiger partial charge in [-0.3, -0.25) is 9.69 Å². The third kappa shape index (κ3) is 3.09. The van der Waals surface area contributed by atoms with E-state index in [0.29, 0.717) is 6.54 Å². The largest absolute Gasteiger partial charge is 0.508 e. The second-order valence-corrected chi connectivity index (χ2v) is 4.64. The summed E-state index contributed by atoms with van der Waals surface area (Å²) in [6.07, 6.45) is 0.761. The van der Waals surface area contributed by atoms with Crippen molar-refractivity contribution in [2.45, 2.75) is 13.3 Å². The summed E-state index contributed by atoms with van der Waals surface area (Å²) in [5.41, 5.74) is 1.67. The van der Waals surface area contributed by atoms with Gasteiger partial charge in [-0.25, -0.2) is 0 Å². The van der Waals surface area contributed by atoms with Crippen molar-refractivity contribution in [1.82, 2.24) is 10.2 Å². The van der Waals surface area contributed by atoms with Gasteiger partial charge in [0, 0.05) is 31.7 Å². The standard InChI is InChI=1S/C14H20N2O2/c1-2-11-9-12(17)3-4-13(11)14(18)10-16-7-5-15-6-8-16/h3-4,9,15,17H,2,5-8,10H2,1H3. The molecule has 0 bridgehead atoms. The Kier molecular flexibility index (Phi) is 4.33. The fourth-order valence-electron chi connectivity index (χ4n) is 2.30. The van der Waals surface area contributed by atoms with Crippen LogP contribution in [0.25, 0.3) is 0 Å². The highest BCUT2D eigenvalue weighted by Gasteiger charge is 2.16. The molecular formula is C14H20N2O2. The number of Topliss-reactive ketones (excluding diaryl/α,β-unsaturated/α-hetero) is 1. The molecular weight excluding hydrogens is 228 g/mol. The van der Waals surface area contributed by atoms with Crippen LogP contribution in [0.4, 0.5) is 0 Å². The molecule has 1 aromatic carbocycles. The lowest BCUT2D eigenvalue weighted by molar-refractivity contribution is 0.0920. The van der Waals surface area contributed by atoms with Gasteiger partial charge >= 0.3 is 0 Å². The molecule has 1 aliphatic rings. The monoisotopic (exact) mass is 248 g/mol. The SMILES string of the molecule is CCc1cc(O)ccc1C(=O)CN1CCNCC1. The molecule has 0 aliphatic carbocycles. The molecule has 2 N–H and O–H groups in total. The average Bonchev–Trinajstić information content (AvgIpc) is 2.39. The number of aromatic hydroxyl groups is 1. The quantitative estimate of drug-likeness (QED) is 0.782. The summed E-state index contributed by atoms with van der Waals surface area (Å²) in [4.78, 5) is 14.4. The lowest BCUT2D eigenvalue weighted by Crippen LogP contribution is -2.45. The first-order valence-corrected chi connectivity index (χ1v) is 6.49. The first kappa shape index (κ1) is 13.1. The van der Waals surface area contributed by atoms with Crippen LogP contribution in [0.15, 0.2) is 18.2 Å². The highest BCUT2D eigenvalue weighted by molar-refractivity contribution is 5.99. The van der Waals surface area contributed by atoms with Gasteiger partial charge in [-0.15, -0.1) is 0 Å². The Bertz CT molecular complexity index is 426. The summed E-state index contributed by atoms with van der Waals surface area (Å²) in [5, 5.41) is 12.7. The number of nitrogens with zero attached hydrogens (tertiary/aromatic N) is 1. The number of rotatable bonds is 4. The molecule has 0 spiro atoms. The molecule has 0 unspecified atom stereocenters. The van der Waals surface area contributed by atoms with Crippen molar-refractivity contribution < 1.29 is 9.90 Å². The minimum absolute atomic E-state index is 0.147. The van der Waals surface area contributed by atoms with E-state index < -0.39 is 0 Å². The van der Waals surface area contributed by atoms with Crippen LogP contribution >= 0.6 is 0 Å². The highest BCUT2D eigenvalue weighted by atomic mass is 16.3. The van der Waals surface area contributed by atoms with E-state index in [-0.39, 0.29) is 11.5 Å². The molecule has 4 nitrogen and oxygen atoms in total. The van der Waals surface area contributed by atoms with E-state index in [9.17, 15) is 9.90 Å². The molecule has 0 aromatic heterocycles. The van der Waals surface area contributed by atoms with Crippen LogP contribution in [0, 0.1) is 0 Å². The van der Waals surface area contributed by atoms with Crippen molar-refractivity contribution in [2.75, 3.05) is 32.7 Å². The van der Waals surface area contributed by atoms with E-state index in [2.05, 4.69) is 10.2 Å². The first-order valence-electron chi connectivity index (χ1n) is 6.49. The number of phenolic OH excluding ortho intramolecular Hbond substituents is 1. The van der Waals surface area contributed by atoms with E-state index in [1.807, 2.05) is 6.92 Å². The van der Waals surface area contributed by atoms with Crippen molar-refractivity contribution in [3.8, 4) is 5.75 Å². The summed E-state index contributed by atoms with van der Waals surface area (Å²) < 4.78 is 0. The minimum Gasteiger partial charge on any atom is -0.508 e. The molecule has 98 valence electrons. The molecule has 1 aliphatic heterocycles. The Morgan fingerprint density at radius 3 is 2.78 bits per heavy atom. The van der Waals surface area contributed by atoms with Crippen LogP contribution < -0.4 is 5.32 Å². The Morgan fingerprint density at radius 1 is 1.39 bits per heavy atom. The zero-order valence-electron chi connectivity index (χ0n) is 10.8. The number of carbonyl (C=O) groups is 1. The number of benzene rings is 1. The number of hydrogen-bond donors (Lipinski definition) is 2. The third-order valence-electron chi connectivity index (χ3n) is 3.35. The topological polar surface area (TPSA) is 52.6 Å². The maximum absolute atomic E-state index is 12.3. The molecule has 1 heterocycles. The minimum atomic E-state index is 0.147. The summed E-state index contributed by atoms with van der Waals surface area (Å²) in [5.74, 6) is 0.374. The second-order valence-electron chi connectivity index (χ2n) is 4.64. The maximum atomic E-state index is 12.3. The van der Waals surface area contributed by atoms with Gasteiger partial charge in [0.2, 0.25) is 0 Å². The van der Waals surface area contributed by atoms with Gasteiger partial charge in [0.25, 0.3) is 0 Å². The van der Waals surface area contributed by atoms with Gasteiger partial charge in [0.15, 0.2) is 5.78 Å². The molecule has 0 atom stereocenters. The van der Waals surface area contributed by atoms with Crippen LogP contribution in [-0.2, 0) is 6.42 Å². The zero-order valence-corrected chi connectivity index (χ0v) is 10.8. The van der Waals surface area contributed by atoms with Crippen molar-refractivity contribution in [1.29, 1.82) is 0 Å². The van der Waals surface area contributed by atoms with Gasteiger partial charge < -0.3 is 10.4 Å². The molecule has 0 saturated carbocycles. The number of hydrogen-bond acceptors (Lipinski definition) is 4. The first-order chi connectivity index (χ1) is 8.70. The number of piperazine rings is 1. The Hall–Kier alpha value is -1.39. The van der Waals surface area contributed by atoms with Gasteiger partial charge in [0.05, 0.1) is 6.54 Å². The lowest BCUT2D eigenvalue weighted by Gasteiger charge is -2.26. The molecule has 18 heavy (non-hydrogen) atoms. The van der Waals surface area contributed by atoms with Crippen LogP contribution in [0.1, 0.15) is 22.8 Å². The molecule has 1 saturated heterocycles. The highest BCUT2D eigenvalue weighted by Crippen LogP contribution is 2.18. The number of nitrogens with one attached hydrogen (secondary N) is 1. The third-order valence-corrected chi connectivity index (χ3v) is 3.35. The fourth-order valence-corrected chi connectivity index (χ4v) is 2.30. The molecule has 2 rings (SSSR count). The van der Waals surface area contributed by atoms with E-state index in [1.54, 1.807) is 18.2 Å². The maximum Gasteiger partial charge on any atom is 0.177 e. The smallest absolute Gasteiger partial charge is 0.177 e. The van der Waals surface area contributed by atoms with Gasteiger partial charge in [0.1, 0.15) is 5.75 Å². The van der Waals surface area contributed by atoms with Crippen LogP contribution in [0.2, 0.25) is 0 Å². The number of carbonyl (C=O) groups excluding carboxylic acids is 1. The molecule has 0 amide bonds. The lowest BCUT2D eigenvalue weighted by atomic mass is 10.0. The van der Waals surface area contributed by atoms with E-state index >= 15 is 0 Å². The molecule has 1 aromatic rings. The van der Waals surface area contributed by atoms with Gasteiger partial charge in [-0.2, -0.15) is 0 Å². The van der Waals surface area contributed by atoms with Crippen LogP contribution in [-0.4, -0.2) is 48.5 Å². The Morgan fingerprint density at radius 2 is 2.11 bits per heavy atom. The molecule has 1 fully saturated rings. The Labute approximate surface area is 108 Å². The van der Waals surface area contributed by atoms with E-state index in [1.165, 1.54) is 0 Å². The Balaban J connectivity index is 2.08. The van der Waals surface area contributed by atoms with Crippen molar-refractivity contribution in [2.24, 2.45) is 0 Å². The second kappa shape index (κ2) is 5.98. The summed E-state index contributed by atoms with van der Waals surface area (Å²) in [6, 6.07) is 5.01. The summed E-state index contributed by atoms with van der Waals surface area (Å²) in [6.45, 7) is 6.21. The fraction of sp³-hybridized carbons (Fsp3) is 0.500. The van der Waals surface area contributed by atoms with Crippen LogP contribution in [0.3, 0.4) is 0 Å². The van der Waals surface area contributed by atoms with E-state index in [4.69, 9.17) is 0 Å². The summed E-state index contributed by atoms with van der Waals surface area (Å²) >= 11 is 0.